The van der Waals surface area contributed by atoms with E-state index in [9.17, 15) is 4.79 Å². The van der Waals surface area contributed by atoms with Gasteiger partial charge >= 0.3 is 0 Å². The molecule has 1 aromatic rings. The molecule has 0 spiro atoms. The second kappa shape index (κ2) is 4.78. The number of halogens is 1. The number of nitrogens with two attached hydrogens (primary N) is 1. The lowest BCUT2D eigenvalue weighted by Crippen LogP contribution is -2.37. The highest BCUT2D eigenvalue weighted by Crippen LogP contribution is 2.45. The number of rotatable bonds is 4. The molecule has 17 heavy (non-hydrogen) atoms. The van der Waals surface area contributed by atoms with Crippen molar-refractivity contribution in [3.05, 3.63) is 34.3 Å². The molecule has 0 heterocycles. The average molecular weight is 297 g/mol. The van der Waals surface area contributed by atoms with Crippen LogP contribution in [0.5, 0.6) is 0 Å². The third-order valence-electron chi connectivity index (χ3n) is 3.44. The van der Waals surface area contributed by atoms with Gasteiger partial charge in [-0.3, -0.25) is 4.79 Å². The molecule has 1 fully saturated rings. The Balaban J connectivity index is 1.99. The van der Waals surface area contributed by atoms with Crippen molar-refractivity contribution in [2.75, 3.05) is 6.54 Å². The Kier molecular flexibility index (Phi) is 3.54. The van der Waals surface area contributed by atoms with Crippen molar-refractivity contribution in [1.82, 2.24) is 5.32 Å². The van der Waals surface area contributed by atoms with Crippen LogP contribution in [0.4, 0.5) is 0 Å². The van der Waals surface area contributed by atoms with Crippen molar-refractivity contribution in [2.24, 2.45) is 11.1 Å². The van der Waals surface area contributed by atoms with Gasteiger partial charge in [-0.1, -0.05) is 28.1 Å². The fourth-order valence-electron chi connectivity index (χ4n) is 1.86. The van der Waals surface area contributed by atoms with Gasteiger partial charge in [0.1, 0.15) is 0 Å². The standard InChI is InChI=1S/C13H17BrN2O/c1-9(10-2-4-11(14)5-3-10)16-12(17)13(8-15)6-7-13/h2-5,9H,6-8,15H2,1H3,(H,16,17). The number of carbonyl (C=O) groups is 1. The SMILES string of the molecule is CC(NC(=O)C1(CN)CC1)c1ccc(Br)cc1. The molecule has 1 aliphatic carbocycles. The van der Waals surface area contributed by atoms with Crippen LogP contribution < -0.4 is 11.1 Å². The number of nitrogens with one attached hydrogen (secondary N) is 1. The third-order valence-corrected chi connectivity index (χ3v) is 3.97. The molecule has 1 aromatic carbocycles. The number of benzene rings is 1. The van der Waals surface area contributed by atoms with Crippen LogP contribution in [0.3, 0.4) is 0 Å². The smallest absolute Gasteiger partial charge is 0.227 e. The summed E-state index contributed by atoms with van der Waals surface area (Å²) in [7, 11) is 0. The molecular weight excluding hydrogens is 280 g/mol. The molecule has 2 rings (SSSR count). The topological polar surface area (TPSA) is 55.1 Å². The predicted octanol–water partition coefficient (Wildman–Crippen LogP) is 2.37. The lowest BCUT2D eigenvalue weighted by Gasteiger charge is -2.18. The number of hydrogen-bond donors (Lipinski definition) is 2. The van der Waals surface area contributed by atoms with Gasteiger partial charge in [0.05, 0.1) is 11.5 Å². The first-order valence-corrected chi connectivity index (χ1v) is 6.63. The van der Waals surface area contributed by atoms with Crippen molar-refractivity contribution in [2.45, 2.75) is 25.8 Å². The Morgan fingerprint density at radius 2 is 2.06 bits per heavy atom. The Bertz CT molecular complexity index is 412. The molecule has 0 aromatic heterocycles. The van der Waals surface area contributed by atoms with Gasteiger partial charge in [0.25, 0.3) is 0 Å². The van der Waals surface area contributed by atoms with Crippen molar-refractivity contribution < 1.29 is 4.79 Å². The molecule has 1 amide bonds. The van der Waals surface area contributed by atoms with Gasteiger partial charge in [-0.05, 0) is 37.5 Å². The predicted molar refractivity (Wildman–Crippen MR) is 71.4 cm³/mol. The van der Waals surface area contributed by atoms with Gasteiger partial charge < -0.3 is 11.1 Å². The van der Waals surface area contributed by atoms with E-state index in [1.54, 1.807) is 0 Å². The monoisotopic (exact) mass is 296 g/mol. The largest absolute Gasteiger partial charge is 0.349 e. The Hall–Kier alpha value is -0.870. The molecule has 3 N–H and O–H groups in total. The van der Waals surface area contributed by atoms with Gasteiger partial charge in [0.2, 0.25) is 5.91 Å². The highest BCUT2D eigenvalue weighted by Gasteiger charge is 2.48. The summed E-state index contributed by atoms with van der Waals surface area (Å²) in [6, 6.07) is 8.01. The maximum Gasteiger partial charge on any atom is 0.227 e. The lowest BCUT2D eigenvalue weighted by atomic mass is 10.0. The van der Waals surface area contributed by atoms with Crippen molar-refractivity contribution in [1.29, 1.82) is 0 Å². The zero-order valence-corrected chi connectivity index (χ0v) is 11.5. The van der Waals surface area contributed by atoms with Crippen LogP contribution in [-0.2, 0) is 4.79 Å². The fourth-order valence-corrected chi connectivity index (χ4v) is 2.12. The van der Waals surface area contributed by atoms with Crippen molar-refractivity contribution in [3.8, 4) is 0 Å². The first-order valence-electron chi connectivity index (χ1n) is 5.84. The number of carbonyl (C=O) groups excluding carboxylic acids is 1. The van der Waals surface area contributed by atoms with E-state index in [1.807, 2.05) is 31.2 Å². The van der Waals surface area contributed by atoms with E-state index >= 15 is 0 Å². The summed E-state index contributed by atoms with van der Waals surface area (Å²) in [5, 5.41) is 3.04. The molecule has 0 radical (unpaired) electrons. The molecule has 4 heteroatoms. The van der Waals surface area contributed by atoms with E-state index in [0.29, 0.717) is 6.54 Å². The van der Waals surface area contributed by atoms with Crippen LogP contribution in [0, 0.1) is 5.41 Å². The minimum absolute atomic E-state index is 0.0274. The molecule has 1 atom stereocenters. The summed E-state index contributed by atoms with van der Waals surface area (Å²) < 4.78 is 1.04. The normalized spacial score (nSPS) is 18.5. The van der Waals surface area contributed by atoms with Crippen LogP contribution in [0.2, 0.25) is 0 Å². The second-order valence-corrected chi connectivity index (χ2v) is 5.65. The van der Waals surface area contributed by atoms with Crippen LogP contribution in [0.1, 0.15) is 31.4 Å². The highest BCUT2D eigenvalue weighted by molar-refractivity contribution is 9.10. The Morgan fingerprint density at radius 3 is 2.53 bits per heavy atom. The molecule has 0 saturated heterocycles. The fraction of sp³-hybridized carbons (Fsp3) is 0.462. The first kappa shape index (κ1) is 12.6. The van der Waals surface area contributed by atoms with Gasteiger partial charge in [-0.15, -0.1) is 0 Å². The van der Waals surface area contributed by atoms with E-state index in [0.717, 1.165) is 22.9 Å². The lowest BCUT2D eigenvalue weighted by molar-refractivity contribution is -0.126. The highest BCUT2D eigenvalue weighted by atomic mass is 79.9. The van der Waals surface area contributed by atoms with Gasteiger partial charge in [0.15, 0.2) is 0 Å². The molecule has 3 nitrogen and oxygen atoms in total. The van der Waals surface area contributed by atoms with Gasteiger partial charge in [-0.25, -0.2) is 0 Å². The maximum atomic E-state index is 12.0. The number of hydrogen-bond acceptors (Lipinski definition) is 2. The third kappa shape index (κ3) is 2.69. The van der Waals surface area contributed by atoms with Crippen LogP contribution in [0.25, 0.3) is 0 Å². The summed E-state index contributed by atoms with van der Waals surface area (Å²) >= 11 is 3.39. The van der Waals surface area contributed by atoms with Crippen molar-refractivity contribution >= 4 is 21.8 Å². The van der Waals surface area contributed by atoms with Crippen LogP contribution >= 0.6 is 15.9 Å². The van der Waals surface area contributed by atoms with Gasteiger partial charge in [-0.2, -0.15) is 0 Å². The molecule has 1 aliphatic rings. The first-order chi connectivity index (χ1) is 8.07. The summed E-state index contributed by atoms with van der Waals surface area (Å²) in [4.78, 5) is 12.0. The minimum atomic E-state index is -0.274. The van der Waals surface area contributed by atoms with Crippen LogP contribution in [-0.4, -0.2) is 12.5 Å². The maximum absolute atomic E-state index is 12.0. The zero-order chi connectivity index (χ0) is 12.5. The molecule has 0 aliphatic heterocycles. The minimum Gasteiger partial charge on any atom is -0.349 e. The Morgan fingerprint density at radius 1 is 1.47 bits per heavy atom. The Labute approximate surface area is 110 Å². The quantitative estimate of drug-likeness (QED) is 0.896. The average Bonchev–Trinajstić information content (AvgIpc) is 3.10. The van der Waals surface area contributed by atoms with E-state index < -0.39 is 0 Å². The molecule has 92 valence electrons. The van der Waals surface area contributed by atoms with E-state index in [2.05, 4.69) is 21.2 Å². The molecule has 0 bridgehead atoms. The van der Waals surface area contributed by atoms with E-state index in [-0.39, 0.29) is 17.4 Å². The van der Waals surface area contributed by atoms with Crippen LogP contribution in [0.15, 0.2) is 28.7 Å². The summed E-state index contributed by atoms with van der Waals surface area (Å²) in [5.41, 5.74) is 6.47. The van der Waals surface area contributed by atoms with E-state index in [4.69, 9.17) is 5.73 Å². The number of amides is 1. The molecule has 1 saturated carbocycles. The summed E-state index contributed by atoms with van der Waals surface area (Å²) in [5.74, 6) is 0.0930. The summed E-state index contributed by atoms with van der Waals surface area (Å²) in [6.45, 7) is 2.44. The van der Waals surface area contributed by atoms with Crippen molar-refractivity contribution in [3.63, 3.8) is 0 Å². The van der Waals surface area contributed by atoms with Gasteiger partial charge in [0, 0.05) is 11.0 Å². The second-order valence-electron chi connectivity index (χ2n) is 4.73. The zero-order valence-electron chi connectivity index (χ0n) is 9.87. The molecular formula is C13H17BrN2O. The molecule has 1 unspecified atom stereocenters. The van der Waals surface area contributed by atoms with E-state index in [1.165, 1.54) is 0 Å². The summed E-state index contributed by atoms with van der Waals surface area (Å²) in [6.07, 6.45) is 1.84.